The molecule has 72 valence electrons. The van der Waals surface area contributed by atoms with Crippen LogP contribution in [0.1, 0.15) is 5.82 Å². The van der Waals surface area contributed by atoms with E-state index in [4.69, 9.17) is 11.6 Å². The molecule has 0 saturated carbocycles. The van der Waals surface area contributed by atoms with Crippen LogP contribution in [0.5, 0.6) is 0 Å². The zero-order valence-electron chi connectivity index (χ0n) is 7.54. The van der Waals surface area contributed by atoms with Gasteiger partial charge in [-0.25, -0.2) is 4.98 Å². The number of hydrogen-bond acceptors (Lipinski definition) is 1. The predicted molar refractivity (Wildman–Crippen MR) is 61.0 cm³/mol. The Morgan fingerprint density at radius 1 is 1.43 bits per heavy atom. The first-order valence-electron chi connectivity index (χ1n) is 4.14. The number of hydrogen-bond donors (Lipinski definition) is 0. The van der Waals surface area contributed by atoms with E-state index in [2.05, 4.69) is 20.9 Å². The van der Waals surface area contributed by atoms with Gasteiger partial charge < -0.3 is 4.57 Å². The molecule has 1 heterocycles. The summed E-state index contributed by atoms with van der Waals surface area (Å²) in [5, 5.41) is 0.721. The maximum absolute atomic E-state index is 5.86. The zero-order valence-corrected chi connectivity index (χ0v) is 9.88. The van der Waals surface area contributed by atoms with Gasteiger partial charge in [-0.15, -0.1) is 0 Å². The summed E-state index contributed by atoms with van der Waals surface area (Å²) >= 11 is 9.33. The van der Waals surface area contributed by atoms with Gasteiger partial charge in [-0.1, -0.05) is 11.6 Å². The van der Waals surface area contributed by atoms with E-state index in [1.165, 1.54) is 0 Å². The van der Waals surface area contributed by atoms with Gasteiger partial charge in [0.2, 0.25) is 0 Å². The van der Waals surface area contributed by atoms with Crippen molar-refractivity contribution < 1.29 is 0 Å². The molecule has 0 aliphatic rings. The SMILES string of the molecule is Cc1nccn1-c1ccc(Cl)cc1Br. The molecule has 2 rings (SSSR count). The van der Waals surface area contributed by atoms with Crippen LogP contribution >= 0.6 is 27.5 Å². The third-order valence-electron chi connectivity index (χ3n) is 2.00. The van der Waals surface area contributed by atoms with Gasteiger partial charge in [0.25, 0.3) is 0 Å². The highest BCUT2D eigenvalue weighted by Crippen LogP contribution is 2.25. The van der Waals surface area contributed by atoms with E-state index in [1.807, 2.05) is 35.9 Å². The molecule has 0 aliphatic carbocycles. The summed E-state index contributed by atoms with van der Waals surface area (Å²) in [5.74, 6) is 0.952. The summed E-state index contributed by atoms with van der Waals surface area (Å²) in [7, 11) is 0. The van der Waals surface area contributed by atoms with Crippen LogP contribution in [0.25, 0.3) is 5.69 Å². The number of benzene rings is 1. The van der Waals surface area contributed by atoms with Gasteiger partial charge in [-0.05, 0) is 41.1 Å². The molecule has 1 aromatic carbocycles. The second-order valence-electron chi connectivity index (χ2n) is 2.94. The van der Waals surface area contributed by atoms with Crippen LogP contribution in [0.15, 0.2) is 35.1 Å². The Balaban J connectivity index is 2.58. The molecule has 14 heavy (non-hydrogen) atoms. The van der Waals surface area contributed by atoms with Crippen LogP contribution in [0.4, 0.5) is 0 Å². The topological polar surface area (TPSA) is 17.8 Å². The van der Waals surface area contributed by atoms with Gasteiger partial charge >= 0.3 is 0 Å². The van der Waals surface area contributed by atoms with Crippen LogP contribution in [0.2, 0.25) is 5.02 Å². The first-order valence-corrected chi connectivity index (χ1v) is 5.31. The summed E-state index contributed by atoms with van der Waals surface area (Å²) < 4.78 is 2.96. The van der Waals surface area contributed by atoms with Gasteiger partial charge in [0, 0.05) is 21.9 Å². The number of nitrogens with zero attached hydrogens (tertiary/aromatic N) is 2. The minimum Gasteiger partial charge on any atom is -0.303 e. The highest BCUT2D eigenvalue weighted by molar-refractivity contribution is 9.10. The van der Waals surface area contributed by atoms with E-state index < -0.39 is 0 Å². The molecule has 2 nitrogen and oxygen atoms in total. The van der Waals surface area contributed by atoms with E-state index in [9.17, 15) is 0 Å². The van der Waals surface area contributed by atoms with E-state index in [0.29, 0.717) is 0 Å². The van der Waals surface area contributed by atoms with E-state index >= 15 is 0 Å². The van der Waals surface area contributed by atoms with Crippen LogP contribution in [0, 0.1) is 6.92 Å². The second-order valence-corrected chi connectivity index (χ2v) is 4.23. The molecule has 0 fully saturated rings. The molecular formula is C10H8BrClN2. The number of rotatable bonds is 1. The summed E-state index contributed by atoms with van der Waals surface area (Å²) in [6, 6.07) is 5.69. The number of aryl methyl sites for hydroxylation is 1. The quantitative estimate of drug-likeness (QED) is 0.775. The lowest BCUT2D eigenvalue weighted by Gasteiger charge is -2.07. The predicted octanol–water partition coefficient (Wildman–Crippen LogP) is 3.60. The third kappa shape index (κ3) is 1.70. The summed E-state index contributed by atoms with van der Waals surface area (Å²) in [6.07, 6.45) is 3.69. The molecule has 0 N–H and O–H groups in total. The molecule has 0 atom stereocenters. The first-order chi connectivity index (χ1) is 6.68. The zero-order chi connectivity index (χ0) is 10.1. The van der Waals surface area contributed by atoms with Crippen molar-refractivity contribution in [1.82, 2.24) is 9.55 Å². The van der Waals surface area contributed by atoms with Gasteiger partial charge in [-0.2, -0.15) is 0 Å². The fraction of sp³-hybridized carbons (Fsp3) is 0.100. The van der Waals surface area contributed by atoms with Crippen molar-refractivity contribution in [1.29, 1.82) is 0 Å². The van der Waals surface area contributed by atoms with Crippen molar-refractivity contribution in [2.75, 3.05) is 0 Å². The number of aromatic nitrogens is 2. The Labute approximate surface area is 95.7 Å². The van der Waals surface area contributed by atoms with Crippen LogP contribution in [0.3, 0.4) is 0 Å². The third-order valence-corrected chi connectivity index (χ3v) is 2.87. The van der Waals surface area contributed by atoms with Crippen LogP contribution in [-0.2, 0) is 0 Å². The average Bonchev–Trinajstić information content (AvgIpc) is 2.52. The lowest BCUT2D eigenvalue weighted by atomic mass is 10.3. The second kappa shape index (κ2) is 3.75. The standard InChI is InChI=1S/C10H8BrClN2/c1-7-13-4-5-14(7)10-3-2-8(12)6-9(10)11/h2-6H,1H3. The summed E-state index contributed by atoms with van der Waals surface area (Å²) in [5.41, 5.74) is 1.05. The maximum atomic E-state index is 5.86. The Morgan fingerprint density at radius 2 is 2.21 bits per heavy atom. The molecule has 2 aromatic rings. The first kappa shape index (κ1) is 9.74. The fourth-order valence-electron chi connectivity index (χ4n) is 1.31. The molecule has 0 spiro atoms. The Morgan fingerprint density at radius 3 is 2.79 bits per heavy atom. The number of imidazole rings is 1. The molecule has 0 saturated heterocycles. The van der Waals surface area contributed by atoms with E-state index in [1.54, 1.807) is 6.20 Å². The normalized spacial score (nSPS) is 10.5. The van der Waals surface area contributed by atoms with Crippen molar-refractivity contribution in [3.8, 4) is 5.69 Å². The molecular weight excluding hydrogens is 263 g/mol. The largest absolute Gasteiger partial charge is 0.303 e. The Kier molecular flexibility index (Phi) is 2.61. The minimum absolute atomic E-state index is 0.721. The van der Waals surface area contributed by atoms with E-state index in [-0.39, 0.29) is 0 Å². The Bertz CT molecular complexity index is 465. The van der Waals surface area contributed by atoms with Crippen LogP contribution < -0.4 is 0 Å². The highest BCUT2D eigenvalue weighted by Gasteiger charge is 2.04. The van der Waals surface area contributed by atoms with Crippen molar-refractivity contribution in [2.45, 2.75) is 6.92 Å². The van der Waals surface area contributed by atoms with Crippen molar-refractivity contribution in [3.05, 3.63) is 45.9 Å². The minimum atomic E-state index is 0.721. The smallest absolute Gasteiger partial charge is 0.110 e. The van der Waals surface area contributed by atoms with Crippen molar-refractivity contribution in [2.24, 2.45) is 0 Å². The summed E-state index contributed by atoms with van der Waals surface area (Å²) in [6.45, 7) is 1.96. The lowest BCUT2D eigenvalue weighted by Crippen LogP contribution is -1.96. The van der Waals surface area contributed by atoms with Crippen molar-refractivity contribution >= 4 is 27.5 Å². The average molecular weight is 272 g/mol. The maximum Gasteiger partial charge on any atom is 0.110 e. The summed E-state index contributed by atoms with van der Waals surface area (Å²) in [4.78, 5) is 4.17. The van der Waals surface area contributed by atoms with Gasteiger partial charge in [0.05, 0.1) is 5.69 Å². The molecule has 4 heteroatoms. The monoisotopic (exact) mass is 270 g/mol. The number of halogens is 2. The van der Waals surface area contributed by atoms with Gasteiger partial charge in [-0.3, -0.25) is 0 Å². The van der Waals surface area contributed by atoms with E-state index in [0.717, 1.165) is 21.0 Å². The van der Waals surface area contributed by atoms with Crippen LogP contribution in [-0.4, -0.2) is 9.55 Å². The molecule has 0 bridgehead atoms. The fourth-order valence-corrected chi connectivity index (χ4v) is 2.18. The molecule has 0 amide bonds. The molecule has 0 unspecified atom stereocenters. The van der Waals surface area contributed by atoms with Gasteiger partial charge in [0.15, 0.2) is 0 Å². The molecule has 0 aliphatic heterocycles. The lowest BCUT2D eigenvalue weighted by molar-refractivity contribution is 0.970. The van der Waals surface area contributed by atoms with Gasteiger partial charge in [0.1, 0.15) is 5.82 Å². The molecule has 0 radical (unpaired) electrons. The highest BCUT2D eigenvalue weighted by atomic mass is 79.9. The van der Waals surface area contributed by atoms with Crippen molar-refractivity contribution in [3.63, 3.8) is 0 Å². The Hall–Kier alpha value is -0.800. The molecule has 1 aromatic heterocycles.